The zero-order valence-electron chi connectivity index (χ0n) is 15.6. The molecule has 4 heterocycles. The van der Waals surface area contributed by atoms with Gasteiger partial charge in [-0.1, -0.05) is 18.2 Å². The molecule has 1 fully saturated rings. The fraction of sp³-hybridized carbons (Fsp3) is 0.350. The maximum atomic E-state index is 13.1. The van der Waals surface area contributed by atoms with Gasteiger partial charge in [0.05, 0.1) is 0 Å². The maximum Gasteiger partial charge on any atom is 0.245 e. The van der Waals surface area contributed by atoms with E-state index in [1.165, 1.54) is 16.8 Å². The van der Waals surface area contributed by atoms with E-state index in [9.17, 15) is 8.42 Å². The summed E-state index contributed by atoms with van der Waals surface area (Å²) in [5, 5.41) is 4.13. The summed E-state index contributed by atoms with van der Waals surface area (Å²) in [7, 11) is -3.53. The van der Waals surface area contributed by atoms with Gasteiger partial charge in [0, 0.05) is 62.7 Å². The summed E-state index contributed by atoms with van der Waals surface area (Å²) in [6, 6.07) is 10.0. The number of nitrogens with zero attached hydrogens (tertiary/aromatic N) is 3. The Morgan fingerprint density at radius 3 is 2.79 bits per heavy atom. The minimum absolute atomic E-state index is 0.314. The molecule has 2 aliphatic rings. The molecule has 0 bridgehead atoms. The second-order valence-electron chi connectivity index (χ2n) is 7.36. The highest BCUT2D eigenvalue weighted by Crippen LogP contribution is 2.29. The van der Waals surface area contributed by atoms with Crippen LogP contribution in [0.15, 0.2) is 47.6 Å². The van der Waals surface area contributed by atoms with Crippen molar-refractivity contribution in [2.45, 2.75) is 17.9 Å². The molecule has 8 heteroatoms. The smallest absolute Gasteiger partial charge is 0.245 e. The molecule has 0 amide bonds. The lowest BCUT2D eigenvalue weighted by molar-refractivity contribution is 0.182. The molecule has 28 heavy (non-hydrogen) atoms. The molecule has 1 saturated heterocycles. The van der Waals surface area contributed by atoms with Crippen molar-refractivity contribution in [3.63, 3.8) is 0 Å². The number of aromatic amines is 1. The standard InChI is InChI=1S/C20H23N5O2S/c26-28(27,18-13-23-20-17(18)5-2-7-22-20)25-11-9-24(10-12-25)14-16-4-1-3-15-6-8-21-19(15)16/h1-5,7,13,21H,6,8-12,14H2,(H,22,23). The number of para-hydroxylation sites is 1. The van der Waals surface area contributed by atoms with Crippen molar-refractivity contribution in [2.75, 3.05) is 38.0 Å². The number of aromatic nitrogens is 2. The van der Waals surface area contributed by atoms with E-state index in [-0.39, 0.29) is 0 Å². The summed E-state index contributed by atoms with van der Waals surface area (Å²) in [5.41, 5.74) is 4.55. The Morgan fingerprint density at radius 1 is 1.07 bits per heavy atom. The molecular weight excluding hydrogens is 374 g/mol. The molecule has 0 radical (unpaired) electrons. The number of hydrogen-bond donors (Lipinski definition) is 2. The first-order valence-electron chi connectivity index (χ1n) is 9.62. The van der Waals surface area contributed by atoms with E-state index < -0.39 is 10.0 Å². The molecule has 0 atom stereocenters. The van der Waals surface area contributed by atoms with Crippen LogP contribution in [-0.2, 0) is 23.0 Å². The van der Waals surface area contributed by atoms with Gasteiger partial charge < -0.3 is 10.3 Å². The SMILES string of the molecule is O=S(=O)(c1c[nH]c2ncccc12)N1CCN(Cc2cccc3c2NCC3)CC1. The van der Waals surface area contributed by atoms with E-state index in [2.05, 4.69) is 38.4 Å². The number of hydrogen-bond acceptors (Lipinski definition) is 5. The third kappa shape index (κ3) is 2.97. The van der Waals surface area contributed by atoms with Gasteiger partial charge in [0.25, 0.3) is 0 Å². The molecule has 0 spiro atoms. The normalized spacial score (nSPS) is 18.3. The minimum atomic E-state index is -3.53. The van der Waals surface area contributed by atoms with E-state index in [4.69, 9.17) is 0 Å². The van der Waals surface area contributed by atoms with Crippen LogP contribution in [0.4, 0.5) is 5.69 Å². The van der Waals surface area contributed by atoms with Crippen LogP contribution in [0.2, 0.25) is 0 Å². The number of fused-ring (bicyclic) bond motifs is 2. The maximum absolute atomic E-state index is 13.1. The number of benzene rings is 1. The molecule has 5 rings (SSSR count). The summed E-state index contributed by atoms with van der Waals surface area (Å²) in [6.45, 7) is 4.29. The molecule has 2 aliphatic heterocycles. The molecule has 7 nitrogen and oxygen atoms in total. The van der Waals surface area contributed by atoms with Crippen molar-refractivity contribution in [3.05, 3.63) is 53.9 Å². The predicted molar refractivity (Wildman–Crippen MR) is 109 cm³/mol. The van der Waals surface area contributed by atoms with Crippen molar-refractivity contribution in [1.29, 1.82) is 0 Å². The number of anilines is 1. The fourth-order valence-electron chi connectivity index (χ4n) is 4.19. The average Bonchev–Trinajstić information content (AvgIpc) is 3.36. The van der Waals surface area contributed by atoms with E-state index in [1.807, 2.05) is 0 Å². The van der Waals surface area contributed by atoms with Gasteiger partial charge in [-0.2, -0.15) is 4.31 Å². The Kier molecular flexibility index (Phi) is 4.34. The summed E-state index contributed by atoms with van der Waals surface area (Å²) < 4.78 is 27.9. The second-order valence-corrected chi connectivity index (χ2v) is 9.27. The monoisotopic (exact) mass is 397 g/mol. The van der Waals surface area contributed by atoms with Crippen LogP contribution in [-0.4, -0.2) is 60.3 Å². The van der Waals surface area contributed by atoms with Gasteiger partial charge in [-0.05, 0) is 29.7 Å². The highest BCUT2D eigenvalue weighted by molar-refractivity contribution is 7.89. The zero-order valence-corrected chi connectivity index (χ0v) is 16.4. The molecule has 3 aromatic rings. The zero-order chi connectivity index (χ0) is 19.1. The van der Waals surface area contributed by atoms with Gasteiger partial charge in [-0.15, -0.1) is 0 Å². The number of sulfonamides is 1. The molecule has 146 valence electrons. The lowest BCUT2D eigenvalue weighted by atomic mass is 10.1. The Bertz CT molecular complexity index is 1120. The lowest BCUT2D eigenvalue weighted by Gasteiger charge is -2.34. The lowest BCUT2D eigenvalue weighted by Crippen LogP contribution is -2.48. The predicted octanol–water partition coefficient (Wildman–Crippen LogP) is 2.04. The summed E-state index contributed by atoms with van der Waals surface area (Å²) in [5.74, 6) is 0. The van der Waals surface area contributed by atoms with Crippen molar-refractivity contribution >= 4 is 26.7 Å². The molecule has 0 aliphatic carbocycles. The van der Waals surface area contributed by atoms with E-state index in [0.29, 0.717) is 29.0 Å². The first-order chi connectivity index (χ1) is 13.6. The summed E-state index contributed by atoms with van der Waals surface area (Å²) in [6.07, 6.45) is 4.29. The van der Waals surface area contributed by atoms with Crippen LogP contribution < -0.4 is 5.32 Å². The van der Waals surface area contributed by atoms with Gasteiger partial charge >= 0.3 is 0 Å². The Hall–Kier alpha value is -2.42. The van der Waals surface area contributed by atoms with Crippen LogP contribution in [0, 0.1) is 0 Å². The van der Waals surface area contributed by atoms with Crippen LogP contribution in [0.5, 0.6) is 0 Å². The van der Waals surface area contributed by atoms with Crippen molar-refractivity contribution < 1.29 is 8.42 Å². The first-order valence-corrected chi connectivity index (χ1v) is 11.1. The summed E-state index contributed by atoms with van der Waals surface area (Å²) in [4.78, 5) is 9.81. The van der Waals surface area contributed by atoms with Gasteiger partial charge in [-0.3, -0.25) is 4.90 Å². The number of piperazine rings is 1. The van der Waals surface area contributed by atoms with Gasteiger partial charge in [0.15, 0.2) is 0 Å². The van der Waals surface area contributed by atoms with Crippen LogP contribution in [0.1, 0.15) is 11.1 Å². The topological polar surface area (TPSA) is 81.3 Å². The van der Waals surface area contributed by atoms with Gasteiger partial charge in [0.1, 0.15) is 10.5 Å². The number of rotatable bonds is 4. The molecule has 2 aromatic heterocycles. The molecular formula is C20H23N5O2S. The van der Waals surface area contributed by atoms with Gasteiger partial charge in [0.2, 0.25) is 10.0 Å². The third-order valence-electron chi connectivity index (χ3n) is 5.69. The molecule has 2 N–H and O–H groups in total. The van der Waals surface area contributed by atoms with Gasteiger partial charge in [-0.25, -0.2) is 13.4 Å². The molecule has 0 unspecified atom stereocenters. The minimum Gasteiger partial charge on any atom is -0.384 e. The van der Waals surface area contributed by atoms with Crippen LogP contribution >= 0.6 is 0 Å². The van der Waals surface area contributed by atoms with E-state index in [1.54, 1.807) is 28.8 Å². The second kappa shape index (κ2) is 6.88. The highest BCUT2D eigenvalue weighted by Gasteiger charge is 2.31. The van der Waals surface area contributed by atoms with Crippen LogP contribution in [0.25, 0.3) is 11.0 Å². The quantitative estimate of drug-likeness (QED) is 0.704. The highest BCUT2D eigenvalue weighted by atomic mass is 32.2. The number of pyridine rings is 1. The Labute approximate surface area is 164 Å². The van der Waals surface area contributed by atoms with Crippen molar-refractivity contribution in [1.82, 2.24) is 19.2 Å². The molecule has 0 saturated carbocycles. The first kappa shape index (κ1) is 17.7. The van der Waals surface area contributed by atoms with E-state index in [0.717, 1.165) is 32.6 Å². The van der Waals surface area contributed by atoms with Crippen LogP contribution in [0.3, 0.4) is 0 Å². The largest absolute Gasteiger partial charge is 0.384 e. The average molecular weight is 398 g/mol. The fourth-order valence-corrected chi connectivity index (χ4v) is 5.77. The molecule has 1 aromatic carbocycles. The van der Waals surface area contributed by atoms with Crippen molar-refractivity contribution in [2.24, 2.45) is 0 Å². The van der Waals surface area contributed by atoms with Crippen molar-refractivity contribution in [3.8, 4) is 0 Å². The number of H-pyrrole nitrogens is 1. The third-order valence-corrected chi connectivity index (χ3v) is 7.63. The number of nitrogens with one attached hydrogen (secondary N) is 2. The summed E-state index contributed by atoms with van der Waals surface area (Å²) >= 11 is 0. The Morgan fingerprint density at radius 2 is 1.93 bits per heavy atom. The van der Waals surface area contributed by atoms with E-state index >= 15 is 0 Å². The Balaban J connectivity index is 1.30.